The van der Waals surface area contributed by atoms with Gasteiger partial charge in [0.05, 0.1) is 5.02 Å². The van der Waals surface area contributed by atoms with Crippen LogP contribution in [0.2, 0.25) is 5.02 Å². The molecule has 18 heavy (non-hydrogen) atoms. The number of benzene rings is 1. The number of hydrogen-bond donors (Lipinski definition) is 2. The summed E-state index contributed by atoms with van der Waals surface area (Å²) < 4.78 is 1.90. The van der Waals surface area contributed by atoms with Crippen LogP contribution in [-0.4, -0.2) is 21.4 Å². The van der Waals surface area contributed by atoms with Gasteiger partial charge in [0.15, 0.2) is 0 Å². The molecule has 0 aliphatic heterocycles. The summed E-state index contributed by atoms with van der Waals surface area (Å²) in [5.41, 5.74) is 0.821. The smallest absolute Gasteiger partial charge is 0.138 e. The van der Waals surface area contributed by atoms with E-state index in [9.17, 15) is 5.11 Å². The largest absolute Gasteiger partial charge is 0.506 e. The molecule has 96 valence electrons. The van der Waals surface area contributed by atoms with Crippen molar-refractivity contribution in [2.75, 3.05) is 6.54 Å². The maximum Gasteiger partial charge on any atom is 0.138 e. The summed E-state index contributed by atoms with van der Waals surface area (Å²) in [4.78, 5) is 0. The van der Waals surface area contributed by atoms with Crippen molar-refractivity contribution < 1.29 is 5.11 Å². The van der Waals surface area contributed by atoms with Crippen LogP contribution in [0.5, 0.6) is 5.75 Å². The van der Waals surface area contributed by atoms with Crippen LogP contribution in [0.25, 0.3) is 0 Å². The molecule has 1 aromatic carbocycles. The quantitative estimate of drug-likeness (QED) is 0.789. The van der Waals surface area contributed by atoms with Gasteiger partial charge in [-0.25, -0.2) is 0 Å². The van der Waals surface area contributed by atoms with E-state index < -0.39 is 0 Å². The maximum atomic E-state index is 9.72. The number of hydrogen-bond acceptors (Lipinski definition) is 3. The second-order valence-corrected chi connectivity index (χ2v) is 4.45. The van der Waals surface area contributed by atoms with Crippen LogP contribution < -0.4 is 5.32 Å². The van der Waals surface area contributed by atoms with E-state index in [4.69, 9.17) is 11.6 Å². The molecule has 0 aliphatic carbocycles. The van der Waals surface area contributed by atoms with Crippen LogP contribution in [0.4, 0.5) is 0 Å². The highest BCUT2D eigenvalue weighted by Crippen LogP contribution is 2.26. The molecule has 0 atom stereocenters. The fraction of sp³-hybridized carbons (Fsp3) is 0.308. The van der Waals surface area contributed by atoms with Gasteiger partial charge in [-0.1, -0.05) is 23.7 Å². The molecule has 5 heteroatoms. The molecule has 0 amide bonds. The Labute approximate surface area is 111 Å². The fourth-order valence-corrected chi connectivity index (χ4v) is 1.92. The highest BCUT2D eigenvalue weighted by molar-refractivity contribution is 6.32. The molecule has 0 saturated carbocycles. The second-order valence-electron chi connectivity index (χ2n) is 4.05. The van der Waals surface area contributed by atoms with Crippen molar-refractivity contribution in [2.45, 2.75) is 19.5 Å². The molecule has 0 bridgehead atoms. The lowest BCUT2D eigenvalue weighted by Gasteiger charge is -2.08. The number of phenols is 1. The molecule has 2 aromatic rings. The van der Waals surface area contributed by atoms with Crippen LogP contribution in [0.3, 0.4) is 0 Å². The van der Waals surface area contributed by atoms with E-state index >= 15 is 0 Å². The first-order valence-electron chi connectivity index (χ1n) is 5.92. The number of nitrogens with one attached hydrogen (secondary N) is 1. The number of nitrogens with zero attached hydrogens (tertiary/aromatic N) is 2. The summed E-state index contributed by atoms with van der Waals surface area (Å²) in [6.07, 6.45) is 4.71. The molecule has 0 spiro atoms. The number of rotatable bonds is 6. The first kappa shape index (κ1) is 12.9. The van der Waals surface area contributed by atoms with Crippen molar-refractivity contribution in [1.29, 1.82) is 0 Å². The summed E-state index contributed by atoms with van der Waals surface area (Å²) in [7, 11) is 0. The van der Waals surface area contributed by atoms with E-state index in [0.29, 0.717) is 11.6 Å². The predicted molar refractivity (Wildman–Crippen MR) is 71.7 cm³/mol. The lowest BCUT2D eigenvalue weighted by atomic mass is 10.2. The van der Waals surface area contributed by atoms with Gasteiger partial charge in [0.2, 0.25) is 0 Å². The average molecular weight is 266 g/mol. The Morgan fingerprint density at radius 3 is 3.00 bits per heavy atom. The lowest BCUT2D eigenvalue weighted by Crippen LogP contribution is -2.16. The summed E-state index contributed by atoms with van der Waals surface area (Å²) in [5, 5.41) is 17.5. The van der Waals surface area contributed by atoms with Gasteiger partial charge in [0.25, 0.3) is 0 Å². The summed E-state index contributed by atoms with van der Waals surface area (Å²) >= 11 is 5.83. The Balaban J connectivity index is 1.70. The van der Waals surface area contributed by atoms with Gasteiger partial charge in [-0.3, -0.25) is 4.68 Å². The molecule has 1 heterocycles. The minimum Gasteiger partial charge on any atom is -0.506 e. The van der Waals surface area contributed by atoms with E-state index in [1.165, 1.54) is 0 Å². The van der Waals surface area contributed by atoms with Crippen molar-refractivity contribution in [3.8, 4) is 5.75 Å². The third-order valence-electron chi connectivity index (χ3n) is 2.69. The van der Waals surface area contributed by atoms with E-state index in [1.54, 1.807) is 12.3 Å². The zero-order chi connectivity index (χ0) is 12.8. The molecule has 2 rings (SSSR count). The average Bonchev–Trinajstić information content (AvgIpc) is 2.87. The number of aromatic nitrogens is 2. The third kappa shape index (κ3) is 3.48. The van der Waals surface area contributed by atoms with Crippen molar-refractivity contribution in [2.24, 2.45) is 0 Å². The Morgan fingerprint density at radius 2 is 2.22 bits per heavy atom. The number of aromatic hydroxyl groups is 1. The molecule has 4 nitrogen and oxygen atoms in total. The molecule has 0 fully saturated rings. The first-order valence-corrected chi connectivity index (χ1v) is 6.29. The van der Waals surface area contributed by atoms with Crippen LogP contribution in [-0.2, 0) is 13.1 Å². The van der Waals surface area contributed by atoms with Crippen molar-refractivity contribution in [3.05, 3.63) is 47.2 Å². The van der Waals surface area contributed by atoms with E-state index in [-0.39, 0.29) is 5.75 Å². The zero-order valence-corrected chi connectivity index (χ0v) is 10.8. The van der Waals surface area contributed by atoms with Gasteiger partial charge < -0.3 is 10.4 Å². The third-order valence-corrected chi connectivity index (χ3v) is 2.99. The van der Waals surface area contributed by atoms with E-state index in [0.717, 1.165) is 25.1 Å². The first-order chi connectivity index (χ1) is 8.77. The van der Waals surface area contributed by atoms with Gasteiger partial charge in [-0.05, 0) is 25.1 Å². The Kier molecular flexibility index (Phi) is 4.61. The van der Waals surface area contributed by atoms with E-state index in [2.05, 4.69) is 10.4 Å². The molecule has 1 aromatic heterocycles. The number of para-hydroxylation sites is 1. The van der Waals surface area contributed by atoms with E-state index in [1.807, 2.05) is 29.1 Å². The highest BCUT2D eigenvalue weighted by atomic mass is 35.5. The second kappa shape index (κ2) is 6.42. The van der Waals surface area contributed by atoms with Gasteiger partial charge in [-0.2, -0.15) is 5.10 Å². The molecule has 0 unspecified atom stereocenters. The van der Waals surface area contributed by atoms with Crippen molar-refractivity contribution in [1.82, 2.24) is 15.1 Å². The normalized spacial score (nSPS) is 10.7. The predicted octanol–water partition coefficient (Wildman–Crippen LogP) is 2.42. The van der Waals surface area contributed by atoms with Gasteiger partial charge in [0, 0.05) is 31.0 Å². The van der Waals surface area contributed by atoms with Crippen LogP contribution in [0.15, 0.2) is 36.7 Å². The summed E-state index contributed by atoms with van der Waals surface area (Å²) in [6, 6.07) is 7.29. The summed E-state index contributed by atoms with van der Waals surface area (Å²) in [6.45, 7) is 2.37. The number of halogens is 1. The standard InChI is InChI=1S/C13H16ClN3O/c14-12-5-1-4-11(13(12)18)10-15-6-2-8-17-9-3-7-16-17/h1,3-5,7,9,15,18H,2,6,8,10H2. The minimum absolute atomic E-state index is 0.166. The highest BCUT2D eigenvalue weighted by Gasteiger charge is 2.03. The molecule has 0 aliphatic rings. The van der Waals surface area contributed by atoms with Crippen LogP contribution >= 0.6 is 11.6 Å². The molecule has 0 saturated heterocycles. The van der Waals surface area contributed by atoms with Crippen LogP contribution in [0.1, 0.15) is 12.0 Å². The zero-order valence-electron chi connectivity index (χ0n) is 10.0. The monoisotopic (exact) mass is 265 g/mol. The summed E-state index contributed by atoms with van der Waals surface area (Å²) in [5.74, 6) is 0.166. The lowest BCUT2D eigenvalue weighted by molar-refractivity contribution is 0.463. The topological polar surface area (TPSA) is 50.1 Å². The minimum atomic E-state index is 0.166. The molecular weight excluding hydrogens is 250 g/mol. The van der Waals surface area contributed by atoms with Gasteiger partial charge in [0.1, 0.15) is 5.75 Å². The van der Waals surface area contributed by atoms with Gasteiger partial charge in [-0.15, -0.1) is 0 Å². The Hall–Kier alpha value is -1.52. The van der Waals surface area contributed by atoms with Crippen LogP contribution in [0, 0.1) is 0 Å². The maximum absolute atomic E-state index is 9.72. The van der Waals surface area contributed by atoms with Gasteiger partial charge >= 0.3 is 0 Å². The molecular formula is C13H16ClN3O. The molecule has 2 N–H and O–H groups in total. The fourth-order valence-electron chi connectivity index (χ4n) is 1.72. The Bertz CT molecular complexity index is 485. The number of aryl methyl sites for hydroxylation is 1. The number of phenolic OH excluding ortho intramolecular Hbond substituents is 1. The van der Waals surface area contributed by atoms with Crippen molar-refractivity contribution in [3.63, 3.8) is 0 Å². The molecule has 0 radical (unpaired) electrons. The Morgan fingerprint density at radius 1 is 1.33 bits per heavy atom. The SMILES string of the molecule is Oc1c(Cl)cccc1CNCCCn1cccn1. The van der Waals surface area contributed by atoms with Crippen molar-refractivity contribution >= 4 is 11.6 Å².